The number of amidine groups is 1. The molecule has 3 rings (SSSR count). The van der Waals surface area contributed by atoms with Gasteiger partial charge in [-0.2, -0.15) is 5.10 Å². The molecule has 2 aromatic rings. The average molecular weight is 461 g/mol. The van der Waals surface area contributed by atoms with Crippen LogP contribution in [0.5, 0.6) is 5.75 Å². The standard InChI is InChI=1S/C18H13BrN4O4S/c1-27-15-6-5-11(8-14(15)19)9-16-17(24)21-18(28-16)22-20-10-12-3-2-4-13(7-12)23(25)26/h2-10H,1H3,(H,21,22,24)/b16-9+,20-10-. The fourth-order valence-corrected chi connectivity index (χ4v) is 3.60. The van der Waals surface area contributed by atoms with Crippen LogP contribution in [-0.4, -0.2) is 29.3 Å². The number of carbonyl (C=O) groups excluding carboxylic acids is 1. The summed E-state index contributed by atoms with van der Waals surface area (Å²) >= 11 is 4.56. The van der Waals surface area contributed by atoms with Crippen molar-refractivity contribution < 1.29 is 14.5 Å². The molecule has 1 saturated heterocycles. The van der Waals surface area contributed by atoms with Crippen molar-refractivity contribution in [2.75, 3.05) is 7.11 Å². The van der Waals surface area contributed by atoms with Gasteiger partial charge in [0.05, 0.1) is 27.6 Å². The molecule has 28 heavy (non-hydrogen) atoms. The Hall–Kier alpha value is -2.98. The van der Waals surface area contributed by atoms with Crippen molar-refractivity contribution in [3.63, 3.8) is 0 Å². The normalized spacial score (nSPS) is 16.7. The number of hydrogen-bond donors (Lipinski definition) is 1. The van der Waals surface area contributed by atoms with Crippen LogP contribution in [0.1, 0.15) is 11.1 Å². The molecule has 1 N–H and O–H groups in total. The minimum atomic E-state index is -0.481. The van der Waals surface area contributed by atoms with Crippen LogP contribution >= 0.6 is 27.7 Å². The van der Waals surface area contributed by atoms with E-state index in [-0.39, 0.29) is 11.6 Å². The van der Waals surface area contributed by atoms with E-state index in [4.69, 9.17) is 4.74 Å². The Morgan fingerprint density at radius 3 is 2.79 bits per heavy atom. The van der Waals surface area contributed by atoms with E-state index < -0.39 is 4.92 Å². The van der Waals surface area contributed by atoms with Crippen molar-refractivity contribution in [2.24, 2.45) is 10.2 Å². The second-order valence-corrected chi connectivity index (χ2v) is 7.35. The smallest absolute Gasteiger partial charge is 0.270 e. The highest BCUT2D eigenvalue weighted by Gasteiger charge is 2.23. The minimum Gasteiger partial charge on any atom is -0.496 e. The fraction of sp³-hybridized carbons (Fsp3) is 0.0556. The lowest BCUT2D eigenvalue weighted by atomic mass is 10.2. The highest BCUT2D eigenvalue weighted by Crippen LogP contribution is 2.30. The summed E-state index contributed by atoms with van der Waals surface area (Å²) in [5.74, 6) is 0.421. The van der Waals surface area contributed by atoms with E-state index in [2.05, 4.69) is 31.4 Å². The Bertz CT molecular complexity index is 1040. The van der Waals surface area contributed by atoms with E-state index in [1.54, 1.807) is 31.4 Å². The van der Waals surface area contributed by atoms with Gasteiger partial charge in [-0.05, 0) is 51.5 Å². The van der Waals surface area contributed by atoms with E-state index in [0.717, 1.165) is 21.8 Å². The molecule has 0 spiro atoms. The van der Waals surface area contributed by atoms with Crippen molar-refractivity contribution in [1.29, 1.82) is 0 Å². The summed E-state index contributed by atoms with van der Waals surface area (Å²) in [4.78, 5) is 22.9. The van der Waals surface area contributed by atoms with E-state index in [1.807, 2.05) is 12.1 Å². The molecule has 0 saturated carbocycles. The zero-order valence-corrected chi connectivity index (χ0v) is 16.9. The van der Waals surface area contributed by atoms with E-state index >= 15 is 0 Å². The maximum absolute atomic E-state index is 12.1. The number of halogens is 1. The Balaban J connectivity index is 1.72. The predicted octanol–water partition coefficient (Wildman–Crippen LogP) is 3.96. The van der Waals surface area contributed by atoms with Gasteiger partial charge in [-0.25, -0.2) is 0 Å². The summed E-state index contributed by atoms with van der Waals surface area (Å²) in [6.45, 7) is 0. The van der Waals surface area contributed by atoms with Crippen molar-refractivity contribution >= 4 is 56.7 Å². The number of rotatable bonds is 5. The van der Waals surface area contributed by atoms with Crippen molar-refractivity contribution in [2.45, 2.75) is 0 Å². The third kappa shape index (κ3) is 4.84. The van der Waals surface area contributed by atoms with Crippen LogP contribution in [0.15, 0.2) is 62.0 Å². The number of amides is 1. The number of hydrogen-bond acceptors (Lipinski definition) is 7. The second-order valence-electron chi connectivity index (χ2n) is 5.46. The van der Waals surface area contributed by atoms with Gasteiger partial charge >= 0.3 is 0 Å². The van der Waals surface area contributed by atoms with Crippen LogP contribution in [0.4, 0.5) is 5.69 Å². The highest BCUT2D eigenvalue weighted by atomic mass is 79.9. The lowest BCUT2D eigenvalue weighted by Gasteiger charge is -2.03. The third-order valence-electron chi connectivity index (χ3n) is 3.56. The SMILES string of the molecule is COc1ccc(/C=C2/S/C(=N\N=C/c3cccc([N+](=O)[O-])c3)NC2=O)cc1Br. The molecule has 8 nitrogen and oxygen atoms in total. The topological polar surface area (TPSA) is 106 Å². The maximum Gasteiger partial charge on any atom is 0.270 e. The number of methoxy groups -OCH3 is 1. The number of ether oxygens (including phenoxy) is 1. The first-order valence-corrected chi connectivity index (χ1v) is 9.47. The molecule has 0 unspecified atom stereocenters. The van der Waals surface area contributed by atoms with E-state index in [0.29, 0.717) is 21.4 Å². The van der Waals surface area contributed by atoms with Gasteiger partial charge in [0.15, 0.2) is 5.17 Å². The van der Waals surface area contributed by atoms with Crippen LogP contribution in [0.3, 0.4) is 0 Å². The van der Waals surface area contributed by atoms with Gasteiger partial charge in [-0.15, -0.1) is 5.10 Å². The van der Waals surface area contributed by atoms with Crippen LogP contribution < -0.4 is 10.1 Å². The molecule has 0 atom stereocenters. The number of nitrogens with zero attached hydrogens (tertiary/aromatic N) is 3. The van der Waals surface area contributed by atoms with Crippen molar-refractivity contribution in [1.82, 2.24) is 5.32 Å². The van der Waals surface area contributed by atoms with Crippen LogP contribution in [0, 0.1) is 10.1 Å². The first-order chi connectivity index (χ1) is 13.5. The lowest BCUT2D eigenvalue weighted by Crippen LogP contribution is -2.19. The fourth-order valence-electron chi connectivity index (χ4n) is 2.27. The Morgan fingerprint density at radius 2 is 2.07 bits per heavy atom. The second kappa shape index (κ2) is 8.81. The third-order valence-corrected chi connectivity index (χ3v) is 5.08. The molecule has 2 aromatic carbocycles. The van der Waals surface area contributed by atoms with E-state index in [1.165, 1.54) is 18.3 Å². The zero-order chi connectivity index (χ0) is 20.1. The zero-order valence-electron chi connectivity index (χ0n) is 14.5. The largest absolute Gasteiger partial charge is 0.496 e. The number of thioether (sulfide) groups is 1. The predicted molar refractivity (Wildman–Crippen MR) is 113 cm³/mol. The molecular weight excluding hydrogens is 448 g/mol. The van der Waals surface area contributed by atoms with Crippen molar-refractivity contribution in [3.05, 3.63) is 73.1 Å². The molecule has 1 heterocycles. The summed E-state index contributed by atoms with van der Waals surface area (Å²) in [5.41, 5.74) is 1.33. The number of benzene rings is 2. The lowest BCUT2D eigenvalue weighted by molar-refractivity contribution is -0.384. The van der Waals surface area contributed by atoms with Gasteiger partial charge in [0.25, 0.3) is 11.6 Å². The van der Waals surface area contributed by atoms with Crippen LogP contribution in [0.25, 0.3) is 6.08 Å². The van der Waals surface area contributed by atoms with Gasteiger partial charge in [0, 0.05) is 17.7 Å². The minimum absolute atomic E-state index is 0.0315. The van der Waals surface area contributed by atoms with Gasteiger partial charge in [0.1, 0.15) is 5.75 Å². The summed E-state index contributed by atoms with van der Waals surface area (Å²) in [6, 6.07) is 11.5. The molecule has 1 aliphatic rings. The van der Waals surface area contributed by atoms with Gasteiger partial charge < -0.3 is 4.74 Å². The molecule has 0 aromatic heterocycles. The number of nitro groups is 1. The molecule has 1 aliphatic heterocycles. The molecule has 0 radical (unpaired) electrons. The Labute approximate surface area is 172 Å². The summed E-state index contributed by atoms with van der Waals surface area (Å²) in [7, 11) is 1.58. The van der Waals surface area contributed by atoms with Crippen LogP contribution in [0.2, 0.25) is 0 Å². The quantitative estimate of drug-likeness (QED) is 0.314. The van der Waals surface area contributed by atoms with Gasteiger partial charge in [0.2, 0.25) is 0 Å². The summed E-state index contributed by atoms with van der Waals surface area (Å²) < 4.78 is 5.97. The summed E-state index contributed by atoms with van der Waals surface area (Å²) in [5, 5.41) is 21.6. The molecule has 142 valence electrons. The molecule has 0 aliphatic carbocycles. The Kier molecular flexibility index (Phi) is 6.22. The van der Waals surface area contributed by atoms with Gasteiger partial charge in [-0.3, -0.25) is 20.2 Å². The Morgan fingerprint density at radius 1 is 1.25 bits per heavy atom. The molecule has 0 bridgehead atoms. The van der Waals surface area contributed by atoms with Gasteiger partial charge in [-0.1, -0.05) is 18.2 Å². The molecule has 10 heteroatoms. The van der Waals surface area contributed by atoms with E-state index in [9.17, 15) is 14.9 Å². The first kappa shape index (κ1) is 19.8. The van der Waals surface area contributed by atoms with Crippen molar-refractivity contribution in [3.8, 4) is 5.75 Å². The number of carbonyl (C=O) groups is 1. The highest BCUT2D eigenvalue weighted by molar-refractivity contribution is 9.10. The molecule has 1 fully saturated rings. The maximum atomic E-state index is 12.1. The monoisotopic (exact) mass is 460 g/mol. The average Bonchev–Trinajstić information content (AvgIpc) is 3.01. The van der Waals surface area contributed by atoms with Crippen LogP contribution in [-0.2, 0) is 4.79 Å². The number of non-ortho nitro benzene ring substituents is 1. The number of nitrogens with one attached hydrogen (secondary N) is 1. The molecular formula is C18H13BrN4O4S. The molecule has 1 amide bonds. The first-order valence-electron chi connectivity index (χ1n) is 7.86. The summed E-state index contributed by atoms with van der Waals surface area (Å²) in [6.07, 6.45) is 3.12. The number of nitro benzene ring substituents is 1.